The number of aromatic nitrogens is 3. The second kappa shape index (κ2) is 8.18. The molecule has 1 aromatic heterocycles. The molecule has 0 fully saturated rings. The Morgan fingerprint density at radius 3 is 2.76 bits per heavy atom. The molecule has 0 spiro atoms. The van der Waals surface area contributed by atoms with E-state index in [1.165, 1.54) is 0 Å². The van der Waals surface area contributed by atoms with Gasteiger partial charge in [-0.3, -0.25) is 0 Å². The fourth-order valence-electron chi connectivity index (χ4n) is 3.13. The van der Waals surface area contributed by atoms with Crippen LogP contribution in [0.25, 0.3) is 21.8 Å². The molecule has 0 atom stereocenters. The third-order valence-electron chi connectivity index (χ3n) is 4.69. The number of carbonyl (C=O) groups excluding carboxylic acids is 1. The topological polar surface area (TPSA) is 86.5 Å². The summed E-state index contributed by atoms with van der Waals surface area (Å²) in [7, 11) is 0. The zero-order chi connectivity index (χ0) is 20.2. The molecule has 1 N–H and O–H groups in total. The van der Waals surface area contributed by atoms with E-state index in [0.29, 0.717) is 28.0 Å². The van der Waals surface area contributed by atoms with Crippen LogP contribution in [-0.2, 0) is 0 Å². The maximum Gasteiger partial charge on any atom is 0.343 e. The van der Waals surface area contributed by atoms with Crippen LogP contribution in [0.4, 0.5) is 0 Å². The summed E-state index contributed by atoms with van der Waals surface area (Å²) in [5.74, 6) is 0.554. The predicted molar refractivity (Wildman–Crippen MR) is 109 cm³/mol. The van der Waals surface area contributed by atoms with Crippen molar-refractivity contribution in [3.8, 4) is 11.5 Å². The van der Waals surface area contributed by atoms with Crippen molar-refractivity contribution in [3.63, 3.8) is 0 Å². The first-order valence-electron chi connectivity index (χ1n) is 9.58. The molecule has 148 valence electrons. The molecule has 4 rings (SSSR count). The van der Waals surface area contributed by atoms with Gasteiger partial charge in [0.25, 0.3) is 0 Å². The van der Waals surface area contributed by atoms with Gasteiger partial charge < -0.3 is 14.7 Å². The van der Waals surface area contributed by atoms with Crippen molar-refractivity contribution < 1.29 is 19.5 Å². The summed E-state index contributed by atoms with van der Waals surface area (Å²) >= 11 is 0. The standard InChI is InChI=1S/C22H21N3O4/c1-2-3-4-12-28-18-11-10-15-13-17(9-8-16(15)14-18)22(26)29-20-7-5-6-19-21(20)23-24-25(19)27/h5-11,13-14,27H,2-4,12H2,1H3. The maximum absolute atomic E-state index is 12.6. The number of ether oxygens (including phenoxy) is 2. The molecule has 0 unspecified atom stereocenters. The summed E-state index contributed by atoms with van der Waals surface area (Å²) in [6.07, 6.45) is 3.35. The molecule has 4 aromatic rings. The van der Waals surface area contributed by atoms with Crippen molar-refractivity contribution in [3.05, 3.63) is 60.2 Å². The van der Waals surface area contributed by atoms with E-state index in [9.17, 15) is 10.0 Å². The number of hydrogen-bond acceptors (Lipinski definition) is 6. The lowest BCUT2D eigenvalue weighted by atomic mass is 10.1. The van der Waals surface area contributed by atoms with Gasteiger partial charge in [-0.15, -0.1) is 5.10 Å². The third kappa shape index (κ3) is 3.99. The Bertz CT molecular complexity index is 1170. The first-order valence-corrected chi connectivity index (χ1v) is 9.58. The highest BCUT2D eigenvalue weighted by atomic mass is 16.5. The summed E-state index contributed by atoms with van der Waals surface area (Å²) in [4.78, 5) is 13.3. The van der Waals surface area contributed by atoms with E-state index >= 15 is 0 Å². The SMILES string of the molecule is CCCCCOc1ccc2cc(C(=O)Oc3cccc4c3nnn4O)ccc2c1. The molecular formula is C22H21N3O4. The summed E-state index contributed by atoms with van der Waals surface area (Å²) in [5, 5.41) is 18.9. The summed E-state index contributed by atoms with van der Waals surface area (Å²) in [6.45, 7) is 2.86. The van der Waals surface area contributed by atoms with Gasteiger partial charge >= 0.3 is 5.97 Å². The van der Waals surface area contributed by atoms with Crippen LogP contribution < -0.4 is 9.47 Å². The summed E-state index contributed by atoms with van der Waals surface area (Å²) in [5.41, 5.74) is 1.09. The Balaban J connectivity index is 1.52. The van der Waals surface area contributed by atoms with E-state index in [-0.39, 0.29) is 5.75 Å². The molecular weight excluding hydrogens is 370 g/mol. The number of carbonyl (C=O) groups is 1. The normalized spacial score (nSPS) is 11.1. The molecule has 0 aliphatic rings. The number of benzene rings is 3. The first kappa shape index (κ1) is 18.7. The second-order valence-electron chi connectivity index (χ2n) is 6.77. The quantitative estimate of drug-likeness (QED) is 0.214. The van der Waals surface area contributed by atoms with E-state index in [4.69, 9.17) is 9.47 Å². The molecule has 0 amide bonds. The van der Waals surface area contributed by atoms with Crippen LogP contribution in [0.15, 0.2) is 54.6 Å². The molecule has 0 aliphatic carbocycles. The number of fused-ring (bicyclic) bond motifs is 2. The molecule has 29 heavy (non-hydrogen) atoms. The van der Waals surface area contributed by atoms with Crippen molar-refractivity contribution in [2.24, 2.45) is 0 Å². The minimum atomic E-state index is -0.508. The van der Waals surface area contributed by atoms with E-state index in [2.05, 4.69) is 17.2 Å². The van der Waals surface area contributed by atoms with Crippen LogP contribution in [-0.4, -0.2) is 32.9 Å². The molecule has 1 heterocycles. The van der Waals surface area contributed by atoms with Gasteiger partial charge in [0, 0.05) is 0 Å². The van der Waals surface area contributed by atoms with E-state index in [1.807, 2.05) is 24.3 Å². The van der Waals surface area contributed by atoms with Crippen LogP contribution in [0.2, 0.25) is 0 Å². The van der Waals surface area contributed by atoms with Crippen LogP contribution in [0.3, 0.4) is 0 Å². The first-order chi connectivity index (χ1) is 14.2. The van der Waals surface area contributed by atoms with Crippen molar-refractivity contribution in [2.45, 2.75) is 26.2 Å². The van der Waals surface area contributed by atoms with Crippen LogP contribution in [0.5, 0.6) is 11.5 Å². The molecule has 7 heteroatoms. The van der Waals surface area contributed by atoms with Gasteiger partial charge in [0.05, 0.1) is 12.2 Å². The van der Waals surface area contributed by atoms with Gasteiger partial charge in [-0.2, -0.15) is 0 Å². The fourth-order valence-corrected chi connectivity index (χ4v) is 3.13. The molecule has 0 bridgehead atoms. The Morgan fingerprint density at radius 1 is 1.07 bits per heavy atom. The highest BCUT2D eigenvalue weighted by Crippen LogP contribution is 2.26. The van der Waals surface area contributed by atoms with Gasteiger partial charge in [-0.25, -0.2) is 4.79 Å². The zero-order valence-corrected chi connectivity index (χ0v) is 16.0. The largest absolute Gasteiger partial charge is 0.494 e. The van der Waals surface area contributed by atoms with E-state index in [1.54, 1.807) is 30.3 Å². The number of esters is 1. The zero-order valence-electron chi connectivity index (χ0n) is 16.0. The van der Waals surface area contributed by atoms with Crippen LogP contribution in [0.1, 0.15) is 36.5 Å². The highest BCUT2D eigenvalue weighted by molar-refractivity contribution is 5.98. The van der Waals surface area contributed by atoms with Crippen LogP contribution >= 0.6 is 0 Å². The monoisotopic (exact) mass is 391 g/mol. The maximum atomic E-state index is 12.6. The van der Waals surface area contributed by atoms with Gasteiger partial charge in [0.2, 0.25) is 0 Å². The lowest BCUT2D eigenvalue weighted by Gasteiger charge is -2.08. The lowest BCUT2D eigenvalue weighted by molar-refractivity contribution is 0.0737. The van der Waals surface area contributed by atoms with Crippen molar-refractivity contribution in [2.75, 3.05) is 6.61 Å². The van der Waals surface area contributed by atoms with Gasteiger partial charge in [0.1, 0.15) is 11.3 Å². The molecule has 0 saturated heterocycles. The predicted octanol–water partition coefficient (Wildman–Crippen LogP) is 4.61. The Kier molecular flexibility index (Phi) is 5.29. The van der Waals surface area contributed by atoms with E-state index < -0.39 is 5.97 Å². The van der Waals surface area contributed by atoms with Gasteiger partial charge in [-0.1, -0.05) is 42.8 Å². The molecule has 0 saturated carbocycles. The third-order valence-corrected chi connectivity index (χ3v) is 4.69. The summed E-state index contributed by atoms with van der Waals surface area (Å²) < 4.78 is 11.3. The Labute approximate surface area is 167 Å². The van der Waals surface area contributed by atoms with Gasteiger partial charge in [-0.05, 0) is 58.8 Å². The Hall–Kier alpha value is -3.61. The minimum Gasteiger partial charge on any atom is -0.494 e. The van der Waals surface area contributed by atoms with Crippen LogP contribution in [0, 0.1) is 0 Å². The lowest BCUT2D eigenvalue weighted by Crippen LogP contribution is -2.08. The minimum absolute atomic E-state index is 0.240. The fraction of sp³-hybridized carbons (Fsp3) is 0.227. The Morgan fingerprint density at radius 2 is 1.90 bits per heavy atom. The summed E-state index contributed by atoms with van der Waals surface area (Å²) in [6, 6.07) is 16.1. The van der Waals surface area contributed by atoms with Crippen molar-refractivity contribution >= 4 is 27.8 Å². The second-order valence-corrected chi connectivity index (χ2v) is 6.77. The van der Waals surface area contributed by atoms with Gasteiger partial charge in [0.15, 0.2) is 11.3 Å². The number of hydrogen-bond donors (Lipinski definition) is 1. The van der Waals surface area contributed by atoms with E-state index in [0.717, 1.165) is 35.8 Å². The smallest absolute Gasteiger partial charge is 0.343 e. The average Bonchev–Trinajstić information content (AvgIpc) is 3.13. The number of nitrogens with zero attached hydrogens (tertiary/aromatic N) is 3. The molecule has 7 nitrogen and oxygen atoms in total. The average molecular weight is 391 g/mol. The molecule has 3 aromatic carbocycles. The molecule has 0 radical (unpaired) electrons. The molecule has 0 aliphatic heterocycles. The number of unbranched alkanes of at least 4 members (excludes halogenated alkanes) is 2. The number of rotatable bonds is 7. The highest BCUT2D eigenvalue weighted by Gasteiger charge is 2.15. The van der Waals surface area contributed by atoms with Crippen molar-refractivity contribution in [1.29, 1.82) is 0 Å². The van der Waals surface area contributed by atoms with Crippen molar-refractivity contribution in [1.82, 2.24) is 15.2 Å².